The summed E-state index contributed by atoms with van der Waals surface area (Å²) in [5.41, 5.74) is 8.79. The zero-order chi connectivity index (χ0) is 15.8. The molecular weight excluding hydrogens is 304 g/mol. The molecular formula is C15H24N2O2S2. The molecule has 0 saturated heterocycles. The number of sulfonamides is 1. The number of rotatable bonds is 5. The van der Waals surface area contributed by atoms with Gasteiger partial charge in [0.05, 0.1) is 4.90 Å². The van der Waals surface area contributed by atoms with Crippen LogP contribution >= 0.6 is 11.8 Å². The second-order valence-corrected chi connectivity index (χ2v) is 8.91. The molecule has 0 aromatic heterocycles. The molecule has 0 unspecified atom stereocenters. The van der Waals surface area contributed by atoms with Crippen molar-refractivity contribution in [3.63, 3.8) is 0 Å². The van der Waals surface area contributed by atoms with Crippen molar-refractivity contribution in [1.82, 2.24) is 4.72 Å². The maximum Gasteiger partial charge on any atom is 0.241 e. The van der Waals surface area contributed by atoms with Crippen LogP contribution in [0.25, 0.3) is 0 Å². The number of aryl methyl sites for hydroxylation is 1. The third-order valence-corrected chi connectivity index (χ3v) is 7.72. The highest BCUT2D eigenvalue weighted by Gasteiger charge is 2.37. The van der Waals surface area contributed by atoms with Crippen LogP contribution in [0.2, 0.25) is 0 Å². The van der Waals surface area contributed by atoms with Crippen LogP contribution in [0.3, 0.4) is 0 Å². The molecule has 4 nitrogen and oxygen atoms in total. The fourth-order valence-corrected chi connectivity index (χ4v) is 5.47. The second-order valence-electron chi connectivity index (χ2n) is 5.93. The van der Waals surface area contributed by atoms with Gasteiger partial charge >= 0.3 is 0 Å². The minimum Gasteiger partial charge on any atom is -0.398 e. The summed E-state index contributed by atoms with van der Waals surface area (Å²) in [6.45, 7) is 5.98. The van der Waals surface area contributed by atoms with Gasteiger partial charge in [0.15, 0.2) is 0 Å². The summed E-state index contributed by atoms with van der Waals surface area (Å²) in [6.07, 6.45) is 5.38. The van der Waals surface area contributed by atoms with Crippen LogP contribution in [-0.4, -0.2) is 26.0 Å². The molecule has 1 aromatic carbocycles. The highest BCUT2D eigenvalue weighted by Crippen LogP contribution is 2.42. The third-order valence-electron chi connectivity index (χ3n) is 4.63. The summed E-state index contributed by atoms with van der Waals surface area (Å²) in [4.78, 5) is 0.343. The van der Waals surface area contributed by atoms with Gasteiger partial charge in [-0.1, -0.05) is 6.42 Å². The van der Waals surface area contributed by atoms with Gasteiger partial charge in [-0.3, -0.25) is 0 Å². The normalized spacial score (nSPS) is 17.5. The molecule has 3 N–H and O–H groups in total. The van der Waals surface area contributed by atoms with Gasteiger partial charge in [0.2, 0.25) is 10.0 Å². The number of thioether (sulfide) groups is 1. The van der Waals surface area contributed by atoms with E-state index in [1.54, 1.807) is 18.7 Å². The van der Waals surface area contributed by atoms with Crippen molar-refractivity contribution in [3.8, 4) is 0 Å². The molecule has 0 amide bonds. The summed E-state index contributed by atoms with van der Waals surface area (Å²) in [7, 11) is -3.53. The van der Waals surface area contributed by atoms with Crippen molar-refractivity contribution in [2.24, 2.45) is 0 Å². The zero-order valence-corrected chi connectivity index (χ0v) is 14.7. The highest BCUT2D eigenvalue weighted by molar-refractivity contribution is 8.00. The number of benzene rings is 1. The van der Waals surface area contributed by atoms with Crippen molar-refractivity contribution < 1.29 is 8.42 Å². The summed E-state index contributed by atoms with van der Waals surface area (Å²) in [5, 5.41) is 0. The summed E-state index contributed by atoms with van der Waals surface area (Å²) >= 11 is 1.76. The van der Waals surface area contributed by atoms with Crippen molar-refractivity contribution >= 4 is 27.5 Å². The van der Waals surface area contributed by atoms with Crippen molar-refractivity contribution in [1.29, 1.82) is 0 Å². The van der Waals surface area contributed by atoms with Crippen LogP contribution in [-0.2, 0) is 10.0 Å². The molecule has 1 aliphatic carbocycles. The molecule has 1 fully saturated rings. The van der Waals surface area contributed by atoms with Gasteiger partial charge in [-0.05, 0) is 62.6 Å². The number of nitrogens with one attached hydrogen (secondary N) is 1. The summed E-state index contributed by atoms with van der Waals surface area (Å²) < 4.78 is 28.3. The van der Waals surface area contributed by atoms with Crippen LogP contribution < -0.4 is 10.5 Å². The molecule has 6 heteroatoms. The van der Waals surface area contributed by atoms with E-state index < -0.39 is 10.0 Å². The Labute approximate surface area is 131 Å². The van der Waals surface area contributed by atoms with Gasteiger partial charge in [-0.15, -0.1) is 0 Å². The third kappa shape index (κ3) is 3.07. The highest BCUT2D eigenvalue weighted by atomic mass is 32.2. The Balaban J connectivity index is 2.32. The lowest BCUT2D eigenvalue weighted by Gasteiger charge is -2.40. The molecule has 0 atom stereocenters. The van der Waals surface area contributed by atoms with E-state index >= 15 is 0 Å². The Kier molecular flexibility index (Phi) is 4.61. The summed E-state index contributed by atoms with van der Waals surface area (Å²) in [6, 6.07) is 1.83. The van der Waals surface area contributed by atoms with Crippen LogP contribution in [0.5, 0.6) is 0 Å². The topological polar surface area (TPSA) is 72.2 Å². The quantitative estimate of drug-likeness (QED) is 0.815. The van der Waals surface area contributed by atoms with E-state index in [-0.39, 0.29) is 4.75 Å². The first-order chi connectivity index (χ1) is 9.72. The molecule has 1 aromatic rings. The van der Waals surface area contributed by atoms with E-state index in [1.165, 1.54) is 6.42 Å². The predicted octanol–water partition coefficient (Wildman–Crippen LogP) is 2.76. The Morgan fingerprint density at radius 2 is 1.90 bits per heavy atom. The van der Waals surface area contributed by atoms with Crippen molar-refractivity contribution in [2.75, 3.05) is 18.5 Å². The molecule has 0 aliphatic heterocycles. The first-order valence-electron chi connectivity index (χ1n) is 7.13. The van der Waals surface area contributed by atoms with E-state index in [1.807, 2.05) is 19.9 Å². The minimum absolute atomic E-state index is 0.0737. The maximum atomic E-state index is 12.7. The first kappa shape index (κ1) is 16.6. The molecule has 1 aliphatic rings. The number of anilines is 1. The average Bonchev–Trinajstić information content (AvgIpc) is 2.35. The minimum atomic E-state index is -3.53. The SMILES string of the molecule is CSC1(CNS(=O)(=O)c2c(C)c(C)cc(N)c2C)CCC1. The number of nitrogens with two attached hydrogens (primary N) is 1. The molecule has 0 heterocycles. The second kappa shape index (κ2) is 5.82. The number of nitrogen functional groups attached to an aromatic ring is 1. The monoisotopic (exact) mass is 328 g/mol. The molecule has 0 spiro atoms. The van der Waals surface area contributed by atoms with Gasteiger partial charge in [0, 0.05) is 17.0 Å². The molecule has 0 bridgehead atoms. The van der Waals surface area contributed by atoms with Gasteiger partial charge in [0.25, 0.3) is 0 Å². The maximum absolute atomic E-state index is 12.7. The number of hydrogen-bond acceptors (Lipinski definition) is 4. The van der Waals surface area contributed by atoms with E-state index in [0.717, 1.165) is 24.0 Å². The predicted molar refractivity (Wildman–Crippen MR) is 90.4 cm³/mol. The lowest BCUT2D eigenvalue weighted by Crippen LogP contribution is -2.45. The van der Waals surface area contributed by atoms with Gasteiger partial charge in [-0.25, -0.2) is 13.1 Å². The first-order valence-corrected chi connectivity index (χ1v) is 9.84. The summed E-state index contributed by atoms with van der Waals surface area (Å²) in [5.74, 6) is 0. The van der Waals surface area contributed by atoms with E-state index in [4.69, 9.17) is 5.73 Å². The van der Waals surface area contributed by atoms with E-state index in [2.05, 4.69) is 11.0 Å². The van der Waals surface area contributed by atoms with Gasteiger partial charge in [0.1, 0.15) is 0 Å². The zero-order valence-electron chi connectivity index (χ0n) is 13.1. The van der Waals surface area contributed by atoms with E-state index in [0.29, 0.717) is 22.7 Å². The molecule has 21 heavy (non-hydrogen) atoms. The lowest BCUT2D eigenvalue weighted by molar-refractivity contribution is 0.362. The van der Waals surface area contributed by atoms with Crippen molar-refractivity contribution in [2.45, 2.75) is 49.7 Å². The van der Waals surface area contributed by atoms with Crippen LogP contribution in [0, 0.1) is 20.8 Å². The Morgan fingerprint density at radius 1 is 1.29 bits per heavy atom. The molecule has 0 radical (unpaired) electrons. The smallest absolute Gasteiger partial charge is 0.241 e. The van der Waals surface area contributed by atoms with Gasteiger partial charge < -0.3 is 5.73 Å². The molecule has 1 saturated carbocycles. The molecule has 2 rings (SSSR count). The largest absolute Gasteiger partial charge is 0.398 e. The molecule has 118 valence electrons. The number of hydrogen-bond donors (Lipinski definition) is 2. The van der Waals surface area contributed by atoms with Crippen molar-refractivity contribution in [3.05, 3.63) is 22.8 Å². The Bertz CT molecular complexity index is 618. The Morgan fingerprint density at radius 3 is 2.38 bits per heavy atom. The van der Waals surface area contributed by atoms with Crippen LogP contribution in [0.15, 0.2) is 11.0 Å². The average molecular weight is 329 g/mol. The van der Waals surface area contributed by atoms with Crippen LogP contribution in [0.4, 0.5) is 5.69 Å². The standard InChI is InChI=1S/C15H24N2O2S2/c1-10-8-13(16)12(3)14(11(10)2)21(18,19)17-9-15(20-4)6-5-7-15/h8,17H,5-7,9,16H2,1-4H3. The Hall–Kier alpha value is -0.720. The fraction of sp³-hybridized carbons (Fsp3) is 0.600. The van der Waals surface area contributed by atoms with Gasteiger partial charge in [-0.2, -0.15) is 11.8 Å². The van der Waals surface area contributed by atoms with E-state index in [9.17, 15) is 8.42 Å². The fourth-order valence-electron chi connectivity index (χ4n) is 2.77. The lowest BCUT2D eigenvalue weighted by atomic mass is 9.84. The van der Waals surface area contributed by atoms with Crippen LogP contribution in [0.1, 0.15) is 36.0 Å².